The van der Waals surface area contributed by atoms with E-state index in [1.165, 1.54) is 0 Å². The van der Waals surface area contributed by atoms with Gasteiger partial charge in [-0.3, -0.25) is 4.90 Å². The molecule has 0 unspecified atom stereocenters. The van der Waals surface area contributed by atoms with Crippen LogP contribution in [0.15, 0.2) is 30.3 Å². The zero-order valence-electron chi connectivity index (χ0n) is 11.2. The molecule has 1 amide bonds. The van der Waals surface area contributed by atoms with Gasteiger partial charge in [-0.25, -0.2) is 9.59 Å². The predicted octanol–water partition coefficient (Wildman–Crippen LogP) is 1.75. The molecule has 0 saturated carbocycles. The van der Waals surface area contributed by atoms with Crippen LogP contribution in [0.25, 0.3) is 0 Å². The Kier molecular flexibility index (Phi) is 6.52. The van der Waals surface area contributed by atoms with Crippen molar-refractivity contribution in [3.05, 3.63) is 35.9 Å². The molecule has 1 rings (SSSR count). The van der Waals surface area contributed by atoms with Crippen molar-refractivity contribution in [2.24, 2.45) is 5.73 Å². The zero-order valence-corrected chi connectivity index (χ0v) is 11.2. The minimum atomic E-state index is -1.23. The molecule has 0 aliphatic rings. The number of unbranched alkanes of at least 4 members (excludes halogenated alkanes) is 1. The summed E-state index contributed by atoms with van der Waals surface area (Å²) < 4.78 is 0. The first-order chi connectivity index (χ1) is 9.56. The molecule has 0 radical (unpaired) electrons. The molecule has 1 aromatic carbocycles. The third-order valence-electron chi connectivity index (χ3n) is 3.03. The highest BCUT2D eigenvalue weighted by molar-refractivity contribution is 5.79. The number of hydrogen-bond donors (Lipinski definition) is 3. The smallest absolute Gasteiger partial charge is 0.408 e. The van der Waals surface area contributed by atoms with Crippen LogP contribution in [0.2, 0.25) is 0 Å². The van der Waals surface area contributed by atoms with Gasteiger partial charge >= 0.3 is 12.1 Å². The molecule has 0 bridgehead atoms. The molecule has 1 atom stereocenters. The number of nitrogens with two attached hydrogens (primary N) is 1. The minimum Gasteiger partial charge on any atom is -0.480 e. The fraction of sp³-hybridized carbons (Fsp3) is 0.429. The summed E-state index contributed by atoms with van der Waals surface area (Å²) in [5, 5.41) is 18.5. The van der Waals surface area contributed by atoms with Crippen molar-refractivity contribution in [2.75, 3.05) is 6.54 Å². The van der Waals surface area contributed by atoms with Crippen molar-refractivity contribution in [3.63, 3.8) is 0 Å². The van der Waals surface area contributed by atoms with Crippen molar-refractivity contribution in [1.82, 2.24) is 4.90 Å². The summed E-state index contributed by atoms with van der Waals surface area (Å²) in [6.07, 6.45) is 0.314. The number of benzene rings is 1. The molecular formula is C14H20N2O4. The molecule has 0 fully saturated rings. The summed E-state index contributed by atoms with van der Waals surface area (Å²) in [6.45, 7) is 0.536. The van der Waals surface area contributed by atoms with Gasteiger partial charge in [0.15, 0.2) is 0 Å². The molecule has 0 saturated heterocycles. The Balaban J connectivity index is 2.80. The van der Waals surface area contributed by atoms with Gasteiger partial charge < -0.3 is 15.9 Å². The van der Waals surface area contributed by atoms with Gasteiger partial charge in [0.1, 0.15) is 6.04 Å². The van der Waals surface area contributed by atoms with Crippen molar-refractivity contribution < 1.29 is 19.8 Å². The average molecular weight is 280 g/mol. The van der Waals surface area contributed by atoms with Gasteiger partial charge in [0.05, 0.1) is 0 Å². The Morgan fingerprint density at radius 3 is 2.30 bits per heavy atom. The SMILES string of the molecule is NCCCC[C@@H](C(=O)O)N(Cc1ccccc1)C(=O)O. The van der Waals surface area contributed by atoms with Gasteiger partial charge in [0, 0.05) is 6.54 Å². The summed E-state index contributed by atoms with van der Waals surface area (Å²) in [5.41, 5.74) is 6.14. The maximum atomic E-state index is 11.3. The molecule has 20 heavy (non-hydrogen) atoms. The molecule has 110 valence electrons. The average Bonchev–Trinajstić information content (AvgIpc) is 2.42. The van der Waals surface area contributed by atoms with E-state index in [0.29, 0.717) is 19.4 Å². The van der Waals surface area contributed by atoms with E-state index in [2.05, 4.69) is 0 Å². The topological polar surface area (TPSA) is 104 Å². The second-order valence-corrected chi connectivity index (χ2v) is 4.53. The van der Waals surface area contributed by atoms with E-state index in [1.54, 1.807) is 24.3 Å². The van der Waals surface area contributed by atoms with Crippen LogP contribution < -0.4 is 5.73 Å². The molecule has 0 aromatic heterocycles. The van der Waals surface area contributed by atoms with Crippen LogP contribution in [0.4, 0.5) is 4.79 Å². The lowest BCUT2D eigenvalue weighted by atomic mass is 10.1. The fourth-order valence-electron chi connectivity index (χ4n) is 1.99. The molecule has 6 heteroatoms. The molecular weight excluding hydrogens is 260 g/mol. The van der Waals surface area contributed by atoms with E-state index < -0.39 is 18.1 Å². The highest BCUT2D eigenvalue weighted by Gasteiger charge is 2.29. The largest absolute Gasteiger partial charge is 0.480 e. The van der Waals surface area contributed by atoms with Crippen LogP contribution >= 0.6 is 0 Å². The quantitative estimate of drug-likeness (QED) is 0.629. The summed E-state index contributed by atoms with van der Waals surface area (Å²) in [7, 11) is 0. The fourth-order valence-corrected chi connectivity index (χ4v) is 1.99. The molecule has 0 spiro atoms. The molecule has 0 heterocycles. The zero-order chi connectivity index (χ0) is 15.0. The number of aliphatic carboxylic acids is 1. The number of carboxylic acid groups (broad SMARTS) is 2. The highest BCUT2D eigenvalue weighted by Crippen LogP contribution is 2.14. The van der Waals surface area contributed by atoms with Gasteiger partial charge in [-0.05, 0) is 31.4 Å². The molecule has 1 aromatic rings. The summed E-state index contributed by atoms with van der Waals surface area (Å²) in [6, 6.07) is 7.91. The van der Waals surface area contributed by atoms with Crippen molar-refractivity contribution in [3.8, 4) is 0 Å². The summed E-state index contributed by atoms with van der Waals surface area (Å²) >= 11 is 0. The van der Waals surface area contributed by atoms with Crippen LogP contribution in [0.5, 0.6) is 0 Å². The second kappa shape index (κ2) is 8.16. The Morgan fingerprint density at radius 1 is 1.15 bits per heavy atom. The first kappa shape index (κ1) is 16.0. The minimum absolute atomic E-state index is 0.0652. The van der Waals surface area contributed by atoms with Gasteiger partial charge in [-0.1, -0.05) is 30.3 Å². The maximum Gasteiger partial charge on any atom is 0.408 e. The number of rotatable bonds is 8. The van der Waals surface area contributed by atoms with E-state index in [4.69, 9.17) is 5.73 Å². The van der Waals surface area contributed by atoms with Gasteiger partial charge in [-0.15, -0.1) is 0 Å². The van der Waals surface area contributed by atoms with Crippen LogP contribution in [0.1, 0.15) is 24.8 Å². The molecule has 4 N–H and O–H groups in total. The van der Waals surface area contributed by atoms with Crippen molar-refractivity contribution >= 4 is 12.1 Å². The van der Waals surface area contributed by atoms with E-state index in [0.717, 1.165) is 10.5 Å². The first-order valence-corrected chi connectivity index (χ1v) is 6.52. The van der Waals surface area contributed by atoms with Crippen LogP contribution in [-0.4, -0.2) is 39.8 Å². The first-order valence-electron chi connectivity index (χ1n) is 6.52. The van der Waals surface area contributed by atoms with E-state index in [-0.39, 0.29) is 13.0 Å². The lowest BCUT2D eigenvalue weighted by Gasteiger charge is -2.26. The van der Waals surface area contributed by atoms with Crippen molar-refractivity contribution in [2.45, 2.75) is 31.8 Å². The monoisotopic (exact) mass is 280 g/mol. The van der Waals surface area contributed by atoms with Gasteiger partial charge in [0.25, 0.3) is 0 Å². The number of hydrogen-bond acceptors (Lipinski definition) is 3. The third-order valence-corrected chi connectivity index (χ3v) is 3.03. The lowest BCUT2D eigenvalue weighted by Crippen LogP contribution is -2.44. The van der Waals surface area contributed by atoms with E-state index >= 15 is 0 Å². The summed E-state index contributed by atoms with van der Waals surface area (Å²) in [4.78, 5) is 23.6. The normalized spacial score (nSPS) is 11.8. The Hall–Kier alpha value is -2.08. The standard InChI is InChI=1S/C14H20N2O4/c15-9-5-4-8-12(13(17)18)16(14(19)20)10-11-6-2-1-3-7-11/h1-3,6-7,12H,4-5,8-10,15H2,(H,17,18)(H,19,20)/t12-/m0/s1. The van der Waals surface area contributed by atoms with E-state index in [1.807, 2.05) is 6.07 Å². The van der Waals surface area contributed by atoms with Gasteiger partial charge in [-0.2, -0.15) is 0 Å². The van der Waals surface area contributed by atoms with Gasteiger partial charge in [0.2, 0.25) is 0 Å². The number of amides is 1. The molecule has 0 aliphatic heterocycles. The predicted molar refractivity (Wildman–Crippen MR) is 74.3 cm³/mol. The number of carboxylic acids is 1. The Labute approximate surface area is 117 Å². The highest BCUT2D eigenvalue weighted by atomic mass is 16.4. The molecule has 0 aliphatic carbocycles. The van der Waals surface area contributed by atoms with Crippen LogP contribution in [0.3, 0.4) is 0 Å². The number of carbonyl (C=O) groups is 2. The number of nitrogens with zero attached hydrogens (tertiary/aromatic N) is 1. The summed E-state index contributed by atoms with van der Waals surface area (Å²) in [5.74, 6) is -1.12. The lowest BCUT2D eigenvalue weighted by molar-refractivity contribution is -0.143. The Morgan fingerprint density at radius 2 is 1.80 bits per heavy atom. The molecule has 6 nitrogen and oxygen atoms in total. The van der Waals surface area contributed by atoms with E-state index in [9.17, 15) is 19.8 Å². The third kappa shape index (κ3) is 4.89. The Bertz CT molecular complexity index is 436. The second-order valence-electron chi connectivity index (χ2n) is 4.53. The maximum absolute atomic E-state index is 11.3. The van der Waals surface area contributed by atoms with Crippen LogP contribution in [-0.2, 0) is 11.3 Å². The van der Waals surface area contributed by atoms with Crippen LogP contribution in [0, 0.1) is 0 Å². The van der Waals surface area contributed by atoms with Crippen molar-refractivity contribution in [1.29, 1.82) is 0 Å².